The summed E-state index contributed by atoms with van der Waals surface area (Å²) < 4.78 is 12.9. The van der Waals surface area contributed by atoms with Crippen LogP contribution in [0, 0.1) is 3.57 Å². The Morgan fingerprint density at radius 3 is 2.73 bits per heavy atom. The molecule has 1 amide bonds. The molecule has 134 valence electrons. The zero-order valence-electron chi connectivity index (χ0n) is 14.1. The Morgan fingerprint density at radius 2 is 2.04 bits per heavy atom. The summed E-state index contributed by atoms with van der Waals surface area (Å²) in [5.41, 5.74) is 1.33. The second kappa shape index (κ2) is 8.13. The number of rotatable bonds is 6. The molecule has 0 bridgehead atoms. The van der Waals surface area contributed by atoms with Crippen LogP contribution in [0.2, 0.25) is 0 Å². The van der Waals surface area contributed by atoms with E-state index >= 15 is 0 Å². The van der Waals surface area contributed by atoms with E-state index in [1.54, 1.807) is 36.4 Å². The van der Waals surface area contributed by atoms with Crippen LogP contribution in [-0.4, -0.2) is 39.9 Å². The lowest BCUT2D eigenvalue weighted by atomic mass is 10.1. The van der Waals surface area contributed by atoms with Gasteiger partial charge < -0.3 is 14.8 Å². The van der Waals surface area contributed by atoms with Crippen molar-refractivity contribution in [1.29, 1.82) is 0 Å². The van der Waals surface area contributed by atoms with Gasteiger partial charge >= 0.3 is 0 Å². The molecule has 3 aromatic rings. The topological polar surface area (TPSA) is 91.2 Å². The Morgan fingerprint density at radius 1 is 1.27 bits per heavy atom. The van der Waals surface area contributed by atoms with Crippen molar-refractivity contribution in [3.8, 4) is 17.3 Å². The van der Waals surface area contributed by atoms with Crippen molar-refractivity contribution in [2.24, 2.45) is 0 Å². The smallest absolute Gasteiger partial charge is 0.252 e. The van der Waals surface area contributed by atoms with Crippen LogP contribution < -0.4 is 14.8 Å². The average molecular weight is 465 g/mol. The predicted molar refractivity (Wildman–Crippen MR) is 103 cm³/mol. The van der Waals surface area contributed by atoms with E-state index in [4.69, 9.17) is 9.47 Å². The minimum absolute atomic E-state index is 0.219. The first kappa shape index (κ1) is 18.1. The van der Waals surface area contributed by atoms with Crippen molar-refractivity contribution in [2.75, 3.05) is 14.2 Å². The highest BCUT2D eigenvalue weighted by Crippen LogP contribution is 2.31. The van der Waals surface area contributed by atoms with Gasteiger partial charge in [-0.15, -0.1) is 0 Å². The molecule has 1 N–H and O–H groups in total. The highest BCUT2D eigenvalue weighted by Gasteiger charge is 2.16. The number of benzene rings is 1. The molecule has 2 aromatic heterocycles. The zero-order chi connectivity index (χ0) is 18.5. The number of nitrogens with zero attached hydrogens (tertiary/aromatic N) is 4. The third-order valence-corrected chi connectivity index (χ3v) is 4.55. The summed E-state index contributed by atoms with van der Waals surface area (Å²) in [5, 5.41) is 6.99. The third-order valence-electron chi connectivity index (χ3n) is 3.66. The molecular weight excluding hydrogens is 449 g/mol. The summed E-state index contributed by atoms with van der Waals surface area (Å²) >= 11 is 2.10. The maximum absolute atomic E-state index is 12.6. The fourth-order valence-electron chi connectivity index (χ4n) is 2.39. The van der Waals surface area contributed by atoms with Gasteiger partial charge in [-0.05, 0) is 40.8 Å². The van der Waals surface area contributed by atoms with Gasteiger partial charge in [0.1, 0.15) is 12.7 Å². The van der Waals surface area contributed by atoms with E-state index in [0.29, 0.717) is 29.4 Å². The number of nitrogens with one attached hydrogen (secondary N) is 1. The fourth-order valence-corrected chi connectivity index (χ4v) is 3.07. The molecule has 0 saturated heterocycles. The molecule has 8 nitrogen and oxygen atoms in total. The molecule has 1 aromatic carbocycles. The summed E-state index contributed by atoms with van der Waals surface area (Å²) in [4.78, 5) is 20.9. The van der Waals surface area contributed by atoms with Crippen molar-refractivity contribution in [3.63, 3.8) is 0 Å². The van der Waals surface area contributed by atoms with Gasteiger partial charge in [-0.25, -0.2) is 14.6 Å². The summed E-state index contributed by atoms with van der Waals surface area (Å²) in [5.74, 6) is 1.48. The van der Waals surface area contributed by atoms with E-state index < -0.39 is 0 Å². The predicted octanol–water partition coefficient (Wildman–Crippen LogP) is 2.21. The lowest BCUT2D eigenvalue weighted by Gasteiger charge is -2.13. The van der Waals surface area contributed by atoms with Crippen LogP contribution in [0.25, 0.3) is 5.82 Å². The quantitative estimate of drug-likeness (QED) is 0.562. The van der Waals surface area contributed by atoms with E-state index in [1.807, 2.05) is 12.1 Å². The Balaban J connectivity index is 1.80. The van der Waals surface area contributed by atoms with E-state index in [0.717, 1.165) is 9.13 Å². The van der Waals surface area contributed by atoms with Crippen molar-refractivity contribution in [3.05, 3.63) is 57.8 Å². The minimum Gasteiger partial charge on any atom is -0.493 e. The SMILES string of the molecule is COc1cc(I)c(C(=O)NCc2cccnc2-n2cncn2)cc1OC. The number of methoxy groups -OCH3 is 2. The summed E-state index contributed by atoms with van der Waals surface area (Å²) in [7, 11) is 3.09. The Labute approximate surface area is 163 Å². The lowest BCUT2D eigenvalue weighted by Crippen LogP contribution is -2.24. The normalized spacial score (nSPS) is 10.4. The molecule has 2 heterocycles. The molecule has 0 aliphatic rings. The number of halogens is 1. The Hall–Kier alpha value is -2.69. The van der Waals surface area contributed by atoms with Crippen molar-refractivity contribution < 1.29 is 14.3 Å². The van der Waals surface area contributed by atoms with E-state index in [2.05, 4.69) is 43.0 Å². The van der Waals surface area contributed by atoms with Crippen LogP contribution in [0.3, 0.4) is 0 Å². The summed E-state index contributed by atoms with van der Waals surface area (Å²) in [6.45, 7) is 0.298. The van der Waals surface area contributed by atoms with Gasteiger partial charge in [0, 0.05) is 21.9 Å². The van der Waals surface area contributed by atoms with Gasteiger partial charge in [-0.2, -0.15) is 5.10 Å². The summed E-state index contributed by atoms with van der Waals surface area (Å²) in [6.07, 6.45) is 4.66. The van der Waals surface area contributed by atoms with Crippen molar-refractivity contribution in [2.45, 2.75) is 6.54 Å². The molecule has 0 atom stereocenters. The second-order valence-electron chi connectivity index (χ2n) is 5.20. The maximum atomic E-state index is 12.6. The first-order valence-electron chi connectivity index (χ1n) is 7.62. The lowest BCUT2D eigenvalue weighted by molar-refractivity contribution is 0.0949. The number of pyridine rings is 1. The molecular formula is C17H16IN5O3. The maximum Gasteiger partial charge on any atom is 0.252 e. The molecule has 0 aliphatic heterocycles. The van der Waals surface area contributed by atoms with E-state index in [9.17, 15) is 4.79 Å². The Bertz CT molecular complexity index is 915. The van der Waals surface area contributed by atoms with E-state index in [1.165, 1.54) is 13.4 Å². The Kier molecular flexibility index (Phi) is 5.66. The molecule has 0 fully saturated rings. The van der Waals surface area contributed by atoms with E-state index in [-0.39, 0.29) is 5.91 Å². The first-order chi connectivity index (χ1) is 12.6. The van der Waals surface area contributed by atoms with Gasteiger partial charge in [-0.1, -0.05) is 6.07 Å². The number of amides is 1. The second-order valence-corrected chi connectivity index (χ2v) is 6.36. The van der Waals surface area contributed by atoms with Crippen LogP contribution in [0.5, 0.6) is 11.5 Å². The average Bonchev–Trinajstić information content (AvgIpc) is 3.20. The molecule has 0 radical (unpaired) electrons. The van der Waals surface area contributed by atoms with Gasteiger partial charge in [0.2, 0.25) is 0 Å². The van der Waals surface area contributed by atoms with Gasteiger partial charge in [0.15, 0.2) is 17.3 Å². The number of carbonyl (C=O) groups is 1. The molecule has 9 heteroatoms. The number of hydrogen-bond donors (Lipinski definition) is 1. The number of carbonyl (C=O) groups excluding carboxylic acids is 1. The van der Waals surface area contributed by atoms with Gasteiger partial charge in [0.05, 0.1) is 19.8 Å². The minimum atomic E-state index is -0.219. The third kappa shape index (κ3) is 3.77. The highest BCUT2D eigenvalue weighted by molar-refractivity contribution is 14.1. The van der Waals surface area contributed by atoms with Crippen LogP contribution in [0.4, 0.5) is 0 Å². The van der Waals surface area contributed by atoms with Crippen LogP contribution in [0.1, 0.15) is 15.9 Å². The molecule has 0 spiro atoms. The molecule has 26 heavy (non-hydrogen) atoms. The molecule has 0 aliphatic carbocycles. The van der Waals surface area contributed by atoms with Crippen LogP contribution in [0.15, 0.2) is 43.1 Å². The first-order valence-corrected chi connectivity index (χ1v) is 8.70. The van der Waals surface area contributed by atoms with Crippen LogP contribution in [-0.2, 0) is 6.54 Å². The number of ether oxygens (including phenoxy) is 2. The zero-order valence-corrected chi connectivity index (χ0v) is 16.3. The monoisotopic (exact) mass is 465 g/mol. The van der Waals surface area contributed by atoms with Crippen LogP contribution >= 0.6 is 22.6 Å². The highest BCUT2D eigenvalue weighted by atomic mass is 127. The standard InChI is InChI=1S/C17H16IN5O3/c1-25-14-6-12(13(18)7-15(14)26-2)17(24)21-8-11-4-3-5-20-16(11)23-10-19-9-22-23/h3-7,9-10H,8H2,1-2H3,(H,21,24). The van der Waals surface area contributed by atoms with Gasteiger partial charge in [0.25, 0.3) is 5.91 Å². The fraction of sp³-hybridized carbons (Fsp3) is 0.176. The van der Waals surface area contributed by atoms with Crippen molar-refractivity contribution in [1.82, 2.24) is 25.1 Å². The number of hydrogen-bond acceptors (Lipinski definition) is 6. The largest absolute Gasteiger partial charge is 0.493 e. The van der Waals surface area contributed by atoms with Crippen molar-refractivity contribution >= 4 is 28.5 Å². The molecule has 0 unspecified atom stereocenters. The molecule has 3 rings (SSSR count). The number of aromatic nitrogens is 4. The van der Waals surface area contributed by atoms with Gasteiger partial charge in [-0.3, -0.25) is 4.79 Å². The summed E-state index contributed by atoms with van der Waals surface area (Å²) in [6, 6.07) is 7.11. The molecule has 0 saturated carbocycles.